The molecule has 0 radical (unpaired) electrons. The van der Waals surface area contributed by atoms with Crippen molar-refractivity contribution in [3.8, 4) is 56.2 Å². The minimum Gasteiger partial charge on any atom is -0.238 e. The van der Waals surface area contributed by atoms with Crippen molar-refractivity contribution >= 4 is 5.69 Å². The molecule has 0 amide bonds. The third kappa shape index (κ3) is 4.84. The number of benzene rings is 5. The van der Waals surface area contributed by atoms with Crippen LogP contribution in [0.2, 0.25) is 0 Å². The lowest BCUT2D eigenvalue weighted by atomic mass is 9.95. The van der Waals surface area contributed by atoms with E-state index in [4.69, 9.17) is 16.5 Å². The summed E-state index contributed by atoms with van der Waals surface area (Å²) in [7, 11) is 0. The van der Waals surface area contributed by atoms with Crippen molar-refractivity contribution in [1.29, 1.82) is 0 Å². The number of aromatic nitrogens is 2. The lowest BCUT2D eigenvalue weighted by Gasteiger charge is -2.13. The Morgan fingerprint density at radius 3 is 1.29 bits per heavy atom. The molecule has 0 spiro atoms. The molecule has 3 heteroatoms. The Morgan fingerprint density at radius 2 is 0.816 bits per heavy atom. The van der Waals surface area contributed by atoms with Gasteiger partial charge in [0.15, 0.2) is 11.5 Å². The first-order valence-electron chi connectivity index (χ1n) is 12.5. The highest BCUT2D eigenvalue weighted by molar-refractivity contribution is 5.81. The molecule has 178 valence electrons. The second kappa shape index (κ2) is 10.3. The molecule has 0 saturated heterocycles. The van der Waals surface area contributed by atoms with Gasteiger partial charge in [0.2, 0.25) is 0 Å². The summed E-state index contributed by atoms with van der Waals surface area (Å²) in [5.74, 6) is 0.669. The summed E-state index contributed by atoms with van der Waals surface area (Å²) in [6, 6.07) is 47.0. The molecule has 3 nitrogen and oxygen atoms in total. The van der Waals surface area contributed by atoms with Gasteiger partial charge in [-0.15, -0.1) is 0 Å². The third-order valence-corrected chi connectivity index (χ3v) is 6.49. The molecule has 0 saturated carbocycles. The van der Waals surface area contributed by atoms with Gasteiger partial charge in [0.1, 0.15) is 0 Å². The first-order chi connectivity index (χ1) is 18.8. The maximum Gasteiger partial charge on any atom is 0.187 e. The summed E-state index contributed by atoms with van der Waals surface area (Å²) in [6.45, 7) is 7.30. The molecule has 0 aliphatic carbocycles. The fourth-order valence-corrected chi connectivity index (χ4v) is 4.54. The minimum absolute atomic E-state index is 0.625. The molecule has 0 fully saturated rings. The van der Waals surface area contributed by atoms with Gasteiger partial charge in [0, 0.05) is 16.7 Å². The lowest BCUT2D eigenvalue weighted by Crippen LogP contribution is -1.96. The van der Waals surface area contributed by atoms with E-state index >= 15 is 0 Å². The van der Waals surface area contributed by atoms with Gasteiger partial charge in [-0.2, -0.15) is 0 Å². The van der Waals surface area contributed by atoms with E-state index in [2.05, 4.69) is 65.5 Å². The molecule has 0 bridgehead atoms. The maximum absolute atomic E-state index is 7.30. The summed E-state index contributed by atoms with van der Waals surface area (Å²) in [6.07, 6.45) is 0. The quantitative estimate of drug-likeness (QED) is 0.228. The zero-order valence-electron chi connectivity index (χ0n) is 20.6. The van der Waals surface area contributed by atoms with Crippen LogP contribution in [0.15, 0.2) is 140 Å². The predicted octanol–water partition coefficient (Wildman–Crippen LogP) is 9.36. The van der Waals surface area contributed by atoms with Gasteiger partial charge in [-0.25, -0.2) is 14.8 Å². The van der Waals surface area contributed by atoms with Gasteiger partial charge in [-0.1, -0.05) is 115 Å². The number of hydrogen-bond donors (Lipinski definition) is 0. The van der Waals surface area contributed by atoms with Crippen molar-refractivity contribution in [2.45, 2.75) is 0 Å². The Balaban J connectivity index is 1.57. The Bertz CT molecular complexity index is 1680. The van der Waals surface area contributed by atoms with Gasteiger partial charge in [-0.3, -0.25) is 0 Å². The molecule has 0 unspecified atom stereocenters. The van der Waals surface area contributed by atoms with Crippen LogP contribution in [0.5, 0.6) is 0 Å². The highest BCUT2D eigenvalue weighted by atomic mass is 14.9. The molecule has 38 heavy (non-hydrogen) atoms. The van der Waals surface area contributed by atoms with E-state index in [1.807, 2.05) is 78.9 Å². The van der Waals surface area contributed by atoms with Crippen LogP contribution < -0.4 is 0 Å². The predicted molar refractivity (Wildman–Crippen MR) is 155 cm³/mol. The lowest BCUT2D eigenvalue weighted by molar-refractivity contribution is 1.18. The van der Waals surface area contributed by atoms with Crippen molar-refractivity contribution in [3.63, 3.8) is 0 Å². The van der Waals surface area contributed by atoms with Crippen molar-refractivity contribution in [3.05, 3.63) is 151 Å². The fourth-order valence-electron chi connectivity index (χ4n) is 4.54. The van der Waals surface area contributed by atoms with Gasteiger partial charge < -0.3 is 0 Å². The number of rotatable bonds is 5. The van der Waals surface area contributed by atoms with Crippen LogP contribution >= 0.6 is 0 Å². The van der Waals surface area contributed by atoms with Crippen molar-refractivity contribution in [1.82, 2.24) is 9.97 Å². The van der Waals surface area contributed by atoms with Crippen LogP contribution in [0.4, 0.5) is 5.69 Å². The highest BCUT2D eigenvalue weighted by Crippen LogP contribution is 2.34. The number of nitrogens with zero attached hydrogens (tertiary/aromatic N) is 3. The van der Waals surface area contributed by atoms with Crippen molar-refractivity contribution < 1.29 is 0 Å². The SMILES string of the molecule is [C-]#[N+]c1ccc(-c2cc(-c3ccccc3)cc(-c3nc(-c4ccccc4)cc(-c4ccccc4)n3)c2)cc1. The average molecular weight is 486 g/mol. The van der Waals surface area contributed by atoms with E-state index in [1.54, 1.807) is 0 Å². The van der Waals surface area contributed by atoms with Crippen molar-refractivity contribution in [2.24, 2.45) is 0 Å². The Labute approximate surface area is 222 Å². The zero-order chi connectivity index (χ0) is 25.7. The molecule has 6 rings (SSSR count). The monoisotopic (exact) mass is 485 g/mol. The summed E-state index contributed by atoms with van der Waals surface area (Å²) < 4.78 is 0. The fraction of sp³-hybridized carbons (Fsp3) is 0. The largest absolute Gasteiger partial charge is 0.238 e. The summed E-state index contributed by atoms with van der Waals surface area (Å²) in [4.78, 5) is 13.6. The summed E-state index contributed by atoms with van der Waals surface area (Å²) >= 11 is 0. The van der Waals surface area contributed by atoms with Crippen LogP contribution in [-0.2, 0) is 0 Å². The summed E-state index contributed by atoms with van der Waals surface area (Å²) in [5, 5.41) is 0. The van der Waals surface area contributed by atoms with Crippen LogP contribution in [-0.4, -0.2) is 9.97 Å². The second-order valence-electron chi connectivity index (χ2n) is 9.02. The maximum atomic E-state index is 7.30. The average Bonchev–Trinajstić information content (AvgIpc) is 3.02. The Kier molecular flexibility index (Phi) is 6.28. The molecular formula is C35H23N3. The van der Waals surface area contributed by atoms with Crippen LogP contribution in [0.1, 0.15) is 0 Å². The highest BCUT2D eigenvalue weighted by Gasteiger charge is 2.13. The normalized spacial score (nSPS) is 10.6. The standard InChI is InChI=1S/C35H23N3/c1-36-32-19-17-26(18-20-32)30-21-29(25-11-5-2-6-12-25)22-31(23-30)35-37-33(27-13-7-3-8-14-27)24-34(38-35)28-15-9-4-10-16-28/h2-24H. The first-order valence-corrected chi connectivity index (χ1v) is 12.5. The third-order valence-electron chi connectivity index (χ3n) is 6.49. The van der Waals surface area contributed by atoms with Gasteiger partial charge in [0.25, 0.3) is 0 Å². The van der Waals surface area contributed by atoms with E-state index in [9.17, 15) is 0 Å². The van der Waals surface area contributed by atoms with Crippen LogP contribution in [0.25, 0.3) is 61.0 Å². The molecular weight excluding hydrogens is 462 g/mol. The van der Waals surface area contributed by atoms with E-state index < -0.39 is 0 Å². The zero-order valence-corrected chi connectivity index (χ0v) is 20.6. The summed E-state index contributed by atoms with van der Waals surface area (Å²) in [5.41, 5.74) is 9.70. The smallest absolute Gasteiger partial charge is 0.187 e. The van der Waals surface area contributed by atoms with E-state index in [0.29, 0.717) is 11.5 Å². The Hall–Kier alpha value is -5.33. The second-order valence-corrected chi connectivity index (χ2v) is 9.02. The van der Waals surface area contributed by atoms with Crippen molar-refractivity contribution in [2.75, 3.05) is 0 Å². The topological polar surface area (TPSA) is 30.1 Å². The van der Waals surface area contributed by atoms with Crippen LogP contribution in [0.3, 0.4) is 0 Å². The number of hydrogen-bond acceptors (Lipinski definition) is 2. The molecule has 0 N–H and O–H groups in total. The molecule has 5 aromatic carbocycles. The van der Waals surface area contributed by atoms with E-state index in [1.165, 1.54) is 0 Å². The molecule has 1 aromatic heterocycles. The van der Waals surface area contributed by atoms with Crippen LogP contribution in [0, 0.1) is 6.57 Å². The van der Waals surface area contributed by atoms with E-state index in [0.717, 1.165) is 50.3 Å². The van der Waals surface area contributed by atoms with Gasteiger partial charge in [-0.05, 0) is 46.5 Å². The minimum atomic E-state index is 0.625. The molecule has 0 aliphatic heterocycles. The molecule has 0 atom stereocenters. The van der Waals surface area contributed by atoms with Gasteiger partial charge in [0.05, 0.1) is 18.0 Å². The molecule has 1 heterocycles. The first kappa shape index (κ1) is 23.1. The van der Waals surface area contributed by atoms with E-state index in [-0.39, 0.29) is 0 Å². The Morgan fingerprint density at radius 1 is 0.395 bits per heavy atom. The molecule has 6 aromatic rings. The molecule has 0 aliphatic rings. The van der Waals surface area contributed by atoms with Gasteiger partial charge >= 0.3 is 0 Å².